The maximum Gasteiger partial charge on any atom is 0.405 e. The van der Waals surface area contributed by atoms with E-state index in [1.165, 1.54) is 6.07 Å². The number of nitriles is 1. The van der Waals surface area contributed by atoms with Gasteiger partial charge in [0.05, 0.1) is 6.07 Å². The van der Waals surface area contributed by atoms with Crippen LogP contribution in [-0.2, 0) is 0 Å². The van der Waals surface area contributed by atoms with Crippen molar-refractivity contribution in [3.8, 4) is 6.07 Å². The summed E-state index contributed by atoms with van der Waals surface area (Å²) in [5.74, 6) is -1.62. The number of piperidine rings is 1. The van der Waals surface area contributed by atoms with Gasteiger partial charge in [0.2, 0.25) is 0 Å². The van der Waals surface area contributed by atoms with Gasteiger partial charge >= 0.3 is 6.18 Å². The van der Waals surface area contributed by atoms with Crippen molar-refractivity contribution in [1.82, 2.24) is 4.90 Å². The first-order chi connectivity index (χ1) is 7.47. The molecule has 2 atom stereocenters. The molecule has 0 bridgehead atoms. The van der Waals surface area contributed by atoms with Crippen molar-refractivity contribution in [2.24, 2.45) is 17.6 Å². The first-order valence-corrected chi connectivity index (χ1v) is 5.36. The van der Waals surface area contributed by atoms with Crippen LogP contribution in [0.2, 0.25) is 0 Å². The summed E-state index contributed by atoms with van der Waals surface area (Å²) < 4.78 is 37.1. The molecule has 0 saturated carbocycles. The molecule has 16 heavy (non-hydrogen) atoms. The lowest BCUT2D eigenvalue weighted by Crippen LogP contribution is -2.43. The first kappa shape index (κ1) is 13.3. The molecule has 6 heteroatoms. The summed E-state index contributed by atoms with van der Waals surface area (Å²) in [5.41, 5.74) is 5.50. The second-order valence-electron chi connectivity index (χ2n) is 4.23. The Morgan fingerprint density at radius 2 is 2.19 bits per heavy atom. The van der Waals surface area contributed by atoms with Gasteiger partial charge in [-0.15, -0.1) is 0 Å². The van der Waals surface area contributed by atoms with Crippen LogP contribution in [0.1, 0.15) is 12.8 Å². The molecule has 0 aromatic rings. The third-order valence-electron chi connectivity index (χ3n) is 2.93. The van der Waals surface area contributed by atoms with E-state index in [9.17, 15) is 13.2 Å². The fourth-order valence-corrected chi connectivity index (χ4v) is 1.99. The molecule has 1 fully saturated rings. The smallest absolute Gasteiger partial charge is 0.330 e. The lowest BCUT2D eigenvalue weighted by molar-refractivity contribution is -0.164. The Labute approximate surface area is 93.0 Å². The molecule has 1 aliphatic rings. The van der Waals surface area contributed by atoms with Crippen LogP contribution < -0.4 is 5.73 Å². The molecule has 1 heterocycles. The number of hydrogen-bond acceptors (Lipinski definition) is 3. The molecule has 0 amide bonds. The molecule has 1 saturated heterocycles. The summed E-state index contributed by atoms with van der Waals surface area (Å²) in [5, 5.41) is 8.49. The predicted octanol–water partition coefficient (Wildman–Crippen LogP) is 1.36. The van der Waals surface area contributed by atoms with Crippen LogP contribution in [0.4, 0.5) is 13.2 Å². The van der Waals surface area contributed by atoms with Crippen molar-refractivity contribution in [3.05, 3.63) is 0 Å². The van der Waals surface area contributed by atoms with Crippen LogP contribution in [0, 0.1) is 23.2 Å². The van der Waals surface area contributed by atoms with Crippen molar-refractivity contribution in [1.29, 1.82) is 5.26 Å². The van der Waals surface area contributed by atoms with E-state index in [4.69, 9.17) is 11.0 Å². The Morgan fingerprint density at radius 3 is 2.69 bits per heavy atom. The van der Waals surface area contributed by atoms with Crippen molar-refractivity contribution in [2.45, 2.75) is 19.0 Å². The van der Waals surface area contributed by atoms with Crippen molar-refractivity contribution in [2.75, 3.05) is 26.2 Å². The summed E-state index contributed by atoms with van der Waals surface area (Å²) in [4.78, 5) is 1.70. The second kappa shape index (κ2) is 5.51. The van der Waals surface area contributed by atoms with Gasteiger partial charge in [0.1, 0.15) is 0 Å². The highest BCUT2D eigenvalue weighted by Gasteiger charge is 2.41. The molecule has 0 spiro atoms. The van der Waals surface area contributed by atoms with E-state index in [1.54, 1.807) is 4.90 Å². The Kier molecular flexibility index (Phi) is 4.56. The summed E-state index contributed by atoms with van der Waals surface area (Å²) in [7, 11) is 0. The molecule has 0 radical (unpaired) electrons. The van der Waals surface area contributed by atoms with Crippen LogP contribution >= 0.6 is 0 Å². The Morgan fingerprint density at radius 1 is 1.50 bits per heavy atom. The molecular formula is C10H16F3N3. The number of nitrogens with zero attached hydrogens (tertiary/aromatic N) is 2. The van der Waals surface area contributed by atoms with E-state index >= 15 is 0 Å². The fourth-order valence-electron chi connectivity index (χ4n) is 1.99. The lowest BCUT2D eigenvalue weighted by Gasteiger charge is -2.33. The van der Waals surface area contributed by atoms with Crippen LogP contribution in [-0.4, -0.2) is 37.3 Å². The van der Waals surface area contributed by atoms with Gasteiger partial charge in [-0.2, -0.15) is 18.4 Å². The largest absolute Gasteiger partial charge is 0.405 e. The zero-order valence-electron chi connectivity index (χ0n) is 9.00. The number of alkyl halides is 3. The zero-order chi connectivity index (χ0) is 12.2. The second-order valence-corrected chi connectivity index (χ2v) is 4.23. The quantitative estimate of drug-likeness (QED) is 0.803. The number of nitrogens with two attached hydrogens (primary N) is 1. The minimum absolute atomic E-state index is 0.226. The third-order valence-corrected chi connectivity index (χ3v) is 2.93. The van der Waals surface area contributed by atoms with Crippen molar-refractivity contribution in [3.63, 3.8) is 0 Å². The lowest BCUT2D eigenvalue weighted by atomic mass is 9.97. The van der Waals surface area contributed by atoms with E-state index in [2.05, 4.69) is 0 Å². The molecule has 1 aliphatic heterocycles. The van der Waals surface area contributed by atoms with E-state index < -0.39 is 12.1 Å². The molecule has 0 aliphatic carbocycles. The van der Waals surface area contributed by atoms with E-state index in [0.717, 1.165) is 12.8 Å². The molecule has 3 nitrogen and oxygen atoms in total. The molecule has 0 aromatic carbocycles. The number of halogens is 3. The minimum atomic E-state index is -4.43. The molecule has 1 rings (SSSR count). The first-order valence-electron chi connectivity index (χ1n) is 5.36. The topological polar surface area (TPSA) is 53.0 Å². The van der Waals surface area contributed by atoms with Gasteiger partial charge in [-0.05, 0) is 31.8 Å². The molecule has 2 unspecified atom stereocenters. The van der Waals surface area contributed by atoms with E-state index in [1.807, 2.05) is 0 Å². The highest BCUT2D eigenvalue weighted by Crippen LogP contribution is 2.27. The summed E-state index contributed by atoms with van der Waals surface area (Å²) in [6, 6.07) is 1.32. The van der Waals surface area contributed by atoms with Crippen LogP contribution in [0.15, 0.2) is 0 Å². The van der Waals surface area contributed by atoms with Crippen molar-refractivity contribution < 1.29 is 13.2 Å². The zero-order valence-corrected chi connectivity index (χ0v) is 9.00. The van der Waals surface area contributed by atoms with Gasteiger partial charge in [-0.3, -0.25) is 0 Å². The summed E-state index contributed by atoms with van der Waals surface area (Å²) >= 11 is 0. The van der Waals surface area contributed by atoms with Gasteiger partial charge in [0, 0.05) is 13.1 Å². The van der Waals surface area contributed by atoms with Gasteiger partial charge in [-0.1, -0.05) is 0 Å². The molecule has 2 N–H and O–H groups in total. The fraction of sp³-hybridized carbons (Fsp3) is 0.900. The van der Waals surface area contributed by atoms with Gasteiger partial charge in [0.15, 0.2) is 5.92 Å². The maximum absolute atomic E-state index is 12.4. The standard InChI is InChI=1S/C10H16F3N3/c11-10(12,13)9(5-15)7-16-3-1-2-8(4-14)6-16/h8-9H,1-4,6-7,14H2. The predicted molar refractivity (Wildman–Crippen MR) is 53.4 cm³/mol. The average Bonchev–Trinajstić information content (AvgIpc) is 2.24. The average molecular weight is 235 g/mol. The summed E-state index contributed by atoms with van der Waals surface area (Å²) in [6.07, 6.45) is -2.60. The minimum Gasteiger partial charge on any atom is -0.330 e. The van der Waals surface area contributed by atoms with E-state index in [0.29, 0.717) is 19.6 Å². The normalized spacial score (nSPS) is 25.1. The third kappa shape index (κ3) is 3.65. The Hall–Kier alpha value is -0.800. The van der Waals surface area contributed by atoms with Gasteiger partial charge in [0.25, 0.3) is 0 Å². The molecule has 0 aromatic heterocycles. The number of likely N-dealkylation sites (tertiary alicyclic amines) is 1. The van der Waals surface area contributed by atoms with E-state index in [-0.39, 0.29) is 12.5 Å². The maximum atomic E-state index is 12.4. The molecular weight excluding hydrogens is 219 g/mol. The number of rotatable bonds is 3. The highest BCUT2D eigenvalue weighted by atomic mass is 19.4. The Bertz CT molecular complexity index is 259. The molecule has 92 valence electrons. The number of hydrogen-bond donors (Lipinski definition) is 1. The Balaban J connectivity index is 2.50. The van der Waals surface area contributed by atoms with Crippen LogP contribution in [0.25, 0.3) is 0 Å². The van der Waals surface area contributed by atoms with Gasteiger partial charge in [-0.25, -0.2) is 0 Å². The van der Waals surface area contributed by atoms with Crippen molar-refractivity contribution >= 4 is 0 Å². The van der Waals surface area contributed by atoms with Crippen LogP contribution in [0.5, 0.6) is 0 Å². The SMILES string of the molecule is N#CC(CN1CCCC(CN)C1)C(F)(F)F. The van der Waals surface area contributed by atoms with Crippen LogP contribution in [0.3, 0.4) is 0 Å². The van der Waals surface area contributed by atoms with Gasteiger partial charge < -0.3 is 10.6 Å². The summed E-state index contributed by atoms with van der Waals surface area (Å²) in [6.45, 7) is 1.48. The monoisotopic (exact) mass is 235 g/mol. The highest BCUT2D eigenvalue weighted by molar-refractivity contribution is 4.91.